The summed E-state index contributed by atoms with van der Waals surface area (Å²) in [6, 6.07) is -1.31. The number of carboxylic acid groups (broad SMARTS) is 1. The van der Waals surface area contributed by atoms with Crippen molar-refractivity contribution in [3.8, 4) is 0 Å². The molecular weight excluding hydrogens is 248 g/mol. The lowest BCUT2D eigenvalue weighted by Crippen LogP contribution is -2.50. The van der Waals surface area contributed by atoms with E-state index in [2.05, 4.69) is 5.32 Å². The second-order valence-corrected chi connectivity index (χ2v) is 5.42. The zero-order chi connectivity index (χ0) is 14.5. The smallest absolute Gasteiger partial charge is 0.326 e. The molecule has 6 nitrogen and oxygen atoms in total. The van der Waals surface area contributed by atoms with E-state index in [9.17, 15) is 14.7 Å². The normalized spacial score (nSPS) is 18.9. The largest absolute Gasteiger partial charge is 0.480 e. The third kappa shape index (κ3) is 4.70. The second kappa shape index (κ2) is 6.75. The van der Waals surface area contributed by atoms with Gasteiger partial charge in [0.15, 0.2) is 0 Å². The first-order valence-electron chi connectivity index (χ1n) is 6.85. The fraction of sp³-hybridized carbons (Fsp3) is 0.846. The van der Waals surface area contributed by atoms with Gasteiger partial charge in [0.1, 0.15) is 6.04 Å². The van der Waals surface area contributed by atoms with Gasteiger partial charge in [-0.05, 0) is 19.3 Å². The topological polar surface area (TPSA) is 89.9 Å². The number of aliphatic hydroxyl groups is 1. The van der Waals surface area contributed by atoms with Crippen LogP contribution in [-0.2, 0) is 4.79 Å². The highest BCUT2D eigenvalue weighted by molar-refractivity contribution is 5.82. The van der Waals surface area contributed by atoms with E-state index >= 15 is 0 Å². The lowest BCUT2D eigenvalue weighted by molar-refractivity contribution is -0.139. The molecule has 0 aliphatic heterocycles. The van der Waals surface area contributed by atoms with Gasteiger partial charge < -0.3 is 20.4 Å². The summed E-state index contributed by atoms with van der Waals surface area (Å²) in [7, 11) is 1.58. The van der Waals surface area contributed by atoms with E-state index in [4.69, 9.17) is 5.11 Å². The van der Waals surface area contributed by atoms with Gasteiger partial charge in [-0.25, -0.2) is 9.59 Å². The van der Waals surface area contributed by atoms with Crippen LogP contribution in [0.2, 0.25) is 0 Å². The predicted octanol–water partition coefficient (Wildman–Crippen LogP) is 1.19. The summed E-state index contributed by atoms with van der Waals surface area (Å²) in [4.78, 5) is 24.2. The Hall–Kier alpha value is -1.30. The van der Waals surface area contributed by atoms with Crippen LogP contribution < -0.4 is 5.32 Å². The van der Waals surface area contributed by atoms with Gasteiger partial charge in [0.25, 0.3) is 0 Å². The van der Waals surface area contributed by atoms with E-state index in [-0.39, 0.29) is 6.54 Å². The Balaban J connectivity index is 2.49. The number of rotatable bonds is 6. The van der Waals surface area contributed by atoms with E-state index in [1.165, 1.54) is 4.90 Å². The maximum atomic E-state index is 11.9. The fourth-order valence-corrected chi connectivity index (χ4v) is 2.51. The summed E-state index contributed by atoms with van der Waals surface area (Å²) in [6.45, 7) is 2.12. The molecule has 1 aliphatic carbocycles. The van der Waals surface area contributed by atoms with Crippen molar-refractivity contribution in [1.82, 2.24) is 10.2 Å². The quantitative estimate of drug-likeness (QED) is 0.677. The van der Waals surface area contributed by atoms with Crippen LogP contribution in [-0.4, -0.2) is 52.3 Å². The number of carboxylic acids is 1. The average Bonchev–Trinajstić information content (AvgIpc) is 2.74. The molecule has 6 heteroatoms. The lowest BCUT2D eigenvalue weighted by atomic mass is 10.0. The van der Waals surface area contributed by atoms with Crippen molar-refractivity contribution in [3.63, 3.8) is 0 Å². The monoisotopic (exact) mass is 272 g/mol. The molecule has 1 rings (SSSR count). The Labute approximate surface area is 113 Å². The van der Waals surface area contributed by atoms with Crippen LogP contribution in [0.1, 0.15) is 45.4 Å². The fourth-order valence-electron chi connectivity index (χ4n) is 2.51. The van der Waals surface area contributed by atoms with Crippen LogP contribution in [0.3, 0.4) is 0 Å². The lowest BCUT2D eigenvalue weighted by Gasteiger charge is -2.29. The number of nitrogens with one attached hydrogen (secondary N) is 1. The molecule has 0 aromatic carbocycles. The van der Waals surface area contributed by atoms with Crippen LogP contribution in [0.5, 0.6) is 0 Å². The number of aliphatic carboxylic acids is 1. The van der Waals surface area contributed by atoms with Gasteiger partial charge >= 0.3 is 12.0 Å². The first-order chi connectivity index (χ1) is 8.88. The van der Waals surface area contributed by atoms with Crippen molar-refractivity contribution in [3.05, 3.63) is 0 Å². The van der Waals surface area contributed by atoms with Gasteiger partial charge in [0, 0.05) is 7.05 Å². The number of carbonyl (C=O) groups is 2. The predicted molar refractivity (Wildman–Crippen MR) is 70.9 cm³/mol. The van der Waals surface area contributed by atoms with E-state index in [1.54, 1.807) is 7.05 Å². The van der Waals surface area contributed by atoms with Gasteiger partial charge in [-0.1, -0.05) is 26.2 Å². The first kappa shape index (κ1) is 15.8. The number of likely N-dealkylation sites (N-methyl/N-ethyl adjacent to an activating group) is 1. The molecule has 1 saturated carbocycles. The van der Waals surface area contributed by atoms with Crippen molar-refractivity contribution in [2.75, 3.05) is 13.6 Å². The van der Waals surface area contributed by atoms with E-state index in [0.717, 1.165) is 12.8 Å². The van der Waals surface area contributed by atoms with Crippen molar-refractivity contribution >= 4 is 12.0 Å². The Bertz CT molecular complexity index is 327. The number of nitrogens with zero attached hydrogens (tertiary/aromatic N) is 1. The third-order valence-corrected chi connectivity index (χ3v) is 3.59. The van der Waals surface area contributed by atoms with Crippen molar-refractivity contribution in [2.45, 2.75) is 57.1 Å². The molecule has 3 N–H and O–H groups in total. The summed E-state index contributed by atoms with van der Waals surface area (Å²) in [5.41, 5.74) is -0.810. The minimum atomic E-state index is -1.02. The number of hydrogen-bond donors (Lipinski definition) is 3. The highest BCUT2D eigenvalue weighted by atomic mass is 16.4. The maximum Gasteiger partial charge on any atom is 0.326 e. The molecule has 0 radical (unpaired) electrons. The molecule has 0 heterocycles. The first-order valence-corrected chi connectivity index (χ1v) is 6.85. The molecule has 1 aliphatic rings. The molecule has 2 amide bonds. The Morgan fingerprint density at radius 3 is 2.42 bits per heavy atom. The minimum Gasteiger partial charge on any atom is -0.480 e. The summed E-state index contributed by atoms with van der Waals surface area (Å²) in [5, 5.41) is 21.7. The third-order valence-electron chi connectivity index (χ3n) is 3.59. The van der Waals surface area contributed by atoms with Crippen LogP contribution in [0.15, 0.2) is 0 Å². The highest BCUT2D eigenvalue weighted by Gasteiger charge is 2.34. The zero-order valence-corrected chi connectivity index (χ0v) is 11.7. The average molecular weight is 272 g/mol. The van der Waals surface area contributed by atoms with E-state index in [1.807, 2.05) is 6.92 Å². The minimum absolute atomic E-state index is 0.247. The van der Waals surface area contributed by atoms with Gasteiger partial charge in [-0.15, -0.1) is 0 Å². The van der Waals surface area contributed by atoms with Gasteiger partial charge in [0.05, 0.1) is 12.1 Å². The Morgan fingerprint density at radius 2 is 1.95 bits per heavy atom. The SMILES string of the molecule is CCCC(NC(=O)N(C)CC1(O)CCCC1)C(=O)O. The van der Waals surface area contributed by atoms with Crippen LogP contribution in [0, 0.1) is 0 Å². The van der Waals surface area contributed by atoms with Crippen LogP contribution in [0.4, 0.5) is 4.79 Å². The molecule has 1 unspecified atom stereocenters. The van der Waals surface area contributed by atoms with E-state index < -0.39 is 23.6 Å². The summed E-state index contributed by atoms with van der Waals surface area (Å²) in [6.07, 6.45) is 4.42. The second-order valence-electron chi connectivity index (χ2n) is 5.42. The molecule has 0 aromatic heterocycles. The molecule has 110 valence electrons. The molecule has 1 fully saturated rings. The molecule has 0 saturated heterocycles. The summed E-state index contributed by atoms with van der Waals surface area (Å²) in [5.74, 6) is -1.02. The van der Waals surface area contributed by atoms with Crippen molar-refractivity contribution in [2.24, 2.45) is 0 Å². The summed E-state index contributed by atoms with van der Waals surface area (Å²) >= 11 is 0. The van der Waals surface area contributed by atoms with Crippen molar-refractivity contribution < 1.29 is 19.8 Å². The molecular formula is C13H24N2O4. The number of hydrogen-bond acceptors (Lipinski definition) is 3. The molecule has 0 aromatic rings. The highest BCUT2D eigenvalue weighted by Crippen LogP contribution is 2.29. The summed E-state index contributed by atoms with van der Waals surface area (Å²) < 4.78 is 0. The Morgan fingerprint density at radius 1 is 1.37 bits per heavy atom. The molecule has 19 heavy (non-hydrogen) atoms. The maximum absolute atomic E-state index is 11.9. The Kier molecular flexibility index (Phi) is 5.60. The van der Waals surface area contributed by atoms with Gasteiger partial charge in [0.2, 0.25) is 0 Å². The molecule has 0 spiro atoms. The number of amides is 2. The van der Waals surface area contributed by atoms with Gasteiger partial charge in [-0.3, -0.25) is 0 Å². The molecule has 0 bridgehead atoms. The standard InChI is InChI=1S/C13H24N2O4/c1-3-6-10(11(16)17)14-12(18)15(2)9-13(19)7-4-5-8-13/h10,19H,3-9H2,1-2H3,(H,14,18)(H,16,17). The number of urea groups is 1. The zero-order valence-electron chi connectivity index (χ0n) is 11.7. The number of carbonyl (C=O) groups excluding carboxylic acids is 1. The molecule has 1 atom stereocenters. The van der Waals surface area contributed by atoms with E-state index in [0.29, 0.717) is 25.7 Å². The van der Waals surface area contributed by atoms with Crippen molar-refractivity contribution in [1.29, 1.82) is 0 Å². The van der Waals surface area contributed by atoms with Crippen LogP contribution in [0.25, 0.3) is 0 Å². The van der Waals surface area contributed by atoms with Gasteiger partial charge in [-0.2, -0.15) is 0 Å². The van der Waals surface area contributed by atoms with Crippen LogP contribution >= 0.6 is 0 Å².